The van der Waals surface area contributed by atoms with Crippen LogP contribution in [0.3, 0.4) is 0 Å². The molecule has 2 aromatic carbocycles. The maximum atomic E-state index is 12.0. The molecule has 2 N–H and O–H groups in total. The van der Waals surface area contributed by atoms with E-state index in [1.54, 1.807) is 24.4 Å². The minimum Gasteiger partial charge on any atom is -0.359 e. The van der Waals surface area contributed by atoms with Gasteiger partial charge in [0.25, 0.3) is 5.91 Å². The van der Waals surface area contributed by atoms with Crippen LogP contribution in [0.15, 0.2) is 58.5 Å². The molecule has 1 aliphatic heterocycles. The molecule has 0 aliphatic carbocycles. The normalized spacial score (nSPS) is 15.5. The first-order chi connectivity index (χ1) is 10.1. The summed E-state index contributed by atoms with van der Waals surface area (Å²) in [4.78, 5) is 13.5. The van der Waals surface area contributed by atoms with Crippen LogP contribution in [0.1, 0.15) is 0 Å². The van der Waals surface area contributed by atoms with Gasteiger partial charge in [-0.3, -0.25) is 4.79 Å². The molecule has 3 rings (SSSR count). The number of anilines is 2. The Hall–Kier alpha value is -1.62. The first kappa shape index (κ1) is 14.3. The van der Waals surface area contributed by atoms with Crippen molar-refractivity contribution in [2.45, 2.75) is 4.90 Å². The van der Waals surface area contributed by atoms with Gasteiger partial charge in [0.2, 0.25) is 0 Å². The Morgan fingerprint density at radius 1 is 1.14 bits per heavy atom. The number of hydrogen-bond acceptors (Lipinski definition) is 3. The monoisotopic (exact) mass is 336 g/mol. The number of hydrogen-bond donors (Lipinski definition) is 2. The minimum absolute atomic E-state index is 0.158. The molecule has 0 spiro atoms. The van der Waals surface area contributed by atoms with Gasteiger partial charge in [-0.1, -0.05) is 47.1 Å². The molecule has 106 valence electrons. The number of thioether (sulfide) groups is 1. The van der Waals surface area contributed by atoms with Gasteiger partial charge in [-0.05, 0) is 30.3 Å². The highest BCUT2D eigenvalue weighted by molar-refractivity contribution is 8.04. The Morgan fingerprint density at radius 2 is 1.95 bits per heavy atom. The molecular weight excluding hydrogens is 327 g/mol. The van der Waals surface area contributed by atoms with E-state index in [0.717, 1.165) is 16.3 Å². The Kier molecular flexibility index (Phi) is 4.10. The lowest BCUT2D eigenvalue weighted by molar-refractivity contribution is -0.112. The van der Waals surface area contributed by atoms with Crippen molar-refractivity contribution in [3.63, 3.8) is 0 Å². The zero-order valence-corrected chi connectivity index (χ0v) is 13.0. The molecule has 1 aliphatic rings. The fraction of sp³-hybridized carbons (Fsp3) is 0. The van der Waals surface area contributed by atoms with Crippen molar-refractivity contribution in [3.8, 4) is 0 Å². The summed E-state index contributed by atoms with van der Waals surface area (Å²) in [5, 5.41) is 7.11. The Balaban J connectivity index is 1.85. The number of para-hydroxylation sites is 1. The molecular formula is C15H10Cl2N2OS. The zero-order valence-electron chi connectivity index (χ0n) is 10.7. The predicted molar refractivity (Wildman–Crippen MR) is 89.1 cm³/mol. The number of rotatable bonds is 2. The largest absolute Gasteiger partial charge is 0.359 e. The maximum absolute atomic E-state index is 12.0. The highest BCUT2D eigenvalue weighted by Crippen LogP contribution is 2.39. The van der Waals surface area contributed by atoms with E-state index in [1.165, 1.54) is 11.8 Å². The van der Waals surface area contributed by atoms with Gasteiger partial charge < -0.3 is 10.6 Å². The van der Waals surface area contributed by atoms with Crippen LogP contribution in [0, 0.1) is 0 Å². The van der Waals surface area contributed by atoms with Crippen molar-refractivity contribution >= 4 is 52.2 Å². The van der Waals surface area contributed by atoms with Crippen molar-refractivity contribution in [2.75, 3.05) is 10.6 Å². The Morgan fingerprint density at radius 3 is 2.76 bits per heavy atom. The smallest absolute Gasteiger partial charge is 0.263 e. The van der Waals surface area contributed by atoms with Crippen LogP contribution in [0.25, 0.3) is 0 Å². The minimum atomic E-state index is -0.158. The van der Waals surface area contributed by atoms with Crippen molar-refractivity contribution < 1.29 is 4.79 Å². The highest BCUT2D eigenvalue weighted by Gasteiger charge is 2.21. The molecule has 0 saturated carbocycles. The van der Waals surface area contributed by atoms with Crippen molar-refractivity contribution in [1.82, 2.24) is 0 Å². The summed E-state index contributed by atoms with van der Waals surface area (Å²) in [7, 11) is 0. The van der Waals surface area contributed by atoms with Crippen LogP contribution >= 0.6 is 35.0 Å². The zero-order chi connectivity index (χ0) is 14.8. The van der Waals surface area contributed by atoms with E-state index in [2.05, 4.69) is 10.6 Å². The average molecular weight is 337 g/mol. The molecule has 6 heteroatoms. The third kappa shape index (κ3) is 3.18. The van der Waals surface area contributed by atoms with Crippen molar-refractivity contribution in [1.29, 1.82) is 0 Å². The van der Waals surface area contributed by atoms with Gasteiger partial charge in [0, 0.05) is 16.1 Å². The van der Waals surface area contributed by atoms with E-state index in [9.17, 15) is 4.79 Å². The summed E-state index contributed by atoms with van der Waals surface area (Å²) in [6.45, 7) is 0. The number of halogens is 2. The van der Waals surface area contributed by atoms with Crippen molar-refractivity contribution in [2.24, 2.45) is 0 Å². The Labute approximate surface area is 136 Å². The Bertz CT molecular complexity index is 746. The van der Waals surface area contributed by atoms with Crippen LogP contribution in [-0.2, 0) is 4.79 Å². The second-order valence-electron chi connectivity index (χ2n) is 4.33. The van der Waals surface area contributed by atoms with E-state index >= 15 is 0 Å². The van der Waals surface area contributed by atoms with E-state index < -0.39 is 0 Å². The number of benzene rings is 2. The third-order valence-electron chi connectivity index (χ3n) is 2.87. The van der Waals surface area contributed by atoms with E-state index in [4.69, 9.17) is 23.2 Å². The maximum Gasteiger partial charge on any atom is 0.263 e. The summed E-state index contributed by atoms with van der Waals surface area (Å²) in [6, 6.07) is 12.7. The van der Waals surface area contributed by atoms with E-state index in [-0.39, 0.29) is 5.91 Å². The lowest BCUT2D eigenvalue weighted by atomic mass is 10.3. The second kappa shape index (κ2) is 6.02. The summed E-state index contributed by atoms with van der Waals surface area (Å²) in [5.41, 5.74) is 1.52. The number of carbonyl (C=O) groups is 1. The van der Waals surface area contributed by atoms with Crippen LogP contribution < -0.4 is 10.6 Å². The molecule has 0 saturated heterocycles. The van der Waals surface area contributed by atoms with Gasteiger partial charge in [-0.15, -0.1) is 0 Å². The standard InChI is InChI=1S/C15H10Cl2N2OS/c16-9-5-6-12-13(7-9)21-14(15(20)19-12)8-18-11-4-2-1-3-10(11)17/h1-8,18H,(H,19,20). The lowest BCUT2D eigenvalue weighted by Crippen LogP contribution is -2.18. The first-order valence-electron chi connectivity index (χ1n) is 6.13. The molecule has 0 radical (unpaired) electrons. The molecule has 3 nitrogen and oxygen atoms in total. The number of amides is 1. The van der Waals surface area contributed by atoms with Crippen LogP contribution in [0.4, 0.5) is 11.4 Å². The molecule has 0 fully saturated rings. The molecule has 1 heterocycles. The summed E-state index contributed by atoms with van der Waals surface area (Å²) in [6.07, 6.45) is 1.64. The number of nitrogens with one attached hydrogen (secondary N) is 2. The summed E-state index contributed by atoms with van der Waals surface area (Å²) >= 11 is 13.4. The average Bonchev–Trinajstić information content (AvgIpc) is 2.47. The van der Waals surface area contributed by atoms with E-state index in [0.29, 0.717) is 15.0 Å². The van der Waals surface area contributed by atoms with Gasteiger partial charge >= 0.3 is 0 Å². The van der Waals surface area contributed by atoms with Crippen LogP contribution in [0.2, 0.25) is 10.0 Å². The molecule has 0 bridgehead atoms. The lowest BCUT2D eigenvalue weighted by Gasteiger charge is -2.18. The quantitative estimate of drug-likeness (QED) is 0.759. The highest BCUT2D eigenvalue weighted by atomic mass is 35.5. The molecule has 0 atom stereocenters. The topological polar surface area (TPSA) is 41.1 Å². The molecule has 0 aromatic heterocycles. The van der Waals surface area contributed by atoms with Crippen LogP contribution in [-0.4, -0.2) is 5.91 Å². The fourth-order valence-electron chi connectivity index (χ4n) is 1.85. The van der Waals surface area contributed by atoms with Gasteiger partial charge in [0.05, 0.1) is 21.3 Å². The summed E-state index contributed by atoms with van der Waals surface area (Å²) in [5.74, 6) is -0.158. The molecule has 1 amide bonds. The predicted octanol–water partition coefficient (Wildman–Crippen LogP) is 4.99. The second-order valence-corrected chi connectivity index (χ2v) is 6.26. The first-order valence-corrected chi connectivity index (χ1v) is 7.71. The number of carbonyl (C=O) groups excluding carboxylic acids is 1. The van der Waals surface area contributed by atoms with E-state index in [1.807, 2.05) is 24.3 Å². The van der Waals surface area contributed by atoms with Gasteiger partial charge in [-0.25, -0.2) is 0 Å². The van der Waals surface area contributed by atoms with Gasteiger partial charge in [0.15, 0.2) is 0 Å². The van der Waals surface area contributed by atoms with Crippen LogP contribution in [0.5, 0.6) is 0 Å². The fourth-order valence-corrected chi connectivity index (χ4v) is 3.19. The molecule has 0 unspecified atom stereocenters. The van der Waals surface area contributed by atoms with Crippen molar-refractivity contribution in [3.05, 3.63) is 63.6 Å². The molecule has 21 heavy (non-hydrogen) atoms. The summed E-state index contributed by atoms with van der Waals surface area (Å²) < 4.78 is 0. The number of fused-ring (bicyclic) bond motifs is 1. The SMILES string of the molecule is O=C1Nc2ccc(Cl)cc2SC1=CNc1ccccc1Cl. The van der Waals surface area contributed by atoms with Gasteiger partial charge in [-0.2, -0.15) is 0 Å². The third-order valence-corrected chi connectivity index (χ3v) is 4.51. The van der Waals surface area contributed by atoms with Gasteiger partial charge in [0.1, 0.15) is 0 Å². The molecule has 2 aromatic rings.